The summed E-state index contributed by atoms with van der Waals surface area (Å²) in [6.45, 7) is 6.66. The fourth-order valence-corrected chi connectivity index (χ4v) is 4.79. The molecule has 2 rings (SSSR count). The average molecular weight is 338 g/mol. The Morgan fingerprint density at radius 2 is 1.83 bits per heavy atom. The summed E-state index contributed by atoms with van der Waals surface area (Å²) in [5, 5.41) is 0.601. The van der Waals surface area contributed by atoms with E-state index in [0.29, 0.717) is 23.1 Å². The largest absolute Gasteiger partial charge is 0.378 e. The van der Waals surface area contributed by atoms with Gasteiger partial charge in [0.1, 0.15) is 0 Å². The predicted molar refractivity (Wildman–Crippen MR) is 98.4 cm³/mol. The van der Waals surface area contributed by atoms with Crippen LogP contribution in [0.2, 0.25) is 0 Å². The van der Waals surface area contributed by atoms with Gasteiger partial charge in [0, 0.05) is 19.8 Å². The maximum Gasteiger partial charge on any atom is 0.297 e. The van der Waals surface area contributed by atoms with Gasteiger partial charge in [-0.05, 0) is 54.9 Å². The van der Waals surface area contributed by atoms with Crippen molar-refractivity contribution in [3.8, 4) is 0 Å². The predicted octanol–water partition coefficient (Wildman–Crippen LogP) is 4.01. The molecule has 0 aliphatic heterocycles. The molecule has 2 N–H and O–H groups in total. The first-order chi connectivity index (χ1) is 10.7. The topological polar surface area (TPSA) is 55.6 Å². The molecule has 1 aromatic rings. The quantitative estimate of drug-likeness (QED) is 0.824. The van der Waals surface area contributed by atoms with Gasteiger partial charge in [-0.2, -0.15) is 0 Å². The van der Waals surface area contributed by atoms with E-state index in [1.54, 1.807) is 0 Å². The van der Waals surface area contributed by atoms with Gasteiger partial charge in [-0.25, -0.2) is 0 Å². The summed E-state index contributed by atoms with van der Waals surface area (Å²) < 4.78 is 19.0. The van der Waals surface area contributed by atoms with Crippen LogP contribution in [0.3, 0.4) is 0 Å². The summed E-state index contributed by atoms with van der Waals surface area (Å²) >= 11 is 0. The number of benzene rings is 1. The Balaban J connectivity index is 2.16. The molecule has 4 atom stereocenters. The monoisotopic (exact) mass is 338 g/mol. The van der Waals surface area contributed by atoms with Crippen LogP contribution >= 0.6 is 7.52 Å². The second-order valence-electron chi connectivity index (χ2n) is 7.48. The van der Waals surface area contributed by atoms with Crippen molar-refractivity contribution in [2.75, 3.05) is 19.0 Å². The van der Waals surface area contributed by atoms with Gasteiger partial charge < -0.3 is 9.42 Å². The van der Waals surface area contributed by atoms with Crippen LogP contribution in [0, 0.1) is 17.8 Å². The lowest BCUT2D eigenvalue weighted by molar-refractivity contribution is 0.0498. The number of rotatable bonds is 5. The van der Waals surface area contributed by atoms with Crippen LogP contribution < -0.4 is 15.7 Å². The normalized spacial score (nSPS) is 27.7. The molecule has 1 saturated carbocycles. The Kier molecular flexibility index (Phi) is 5.94. The molecule has 1 aromatic carbocycles. The van der Waals surface area contributed by atoms with Crippen LogP contribution in [0.4, 0.5) is 5.69 Å². The third-order valence-corrected chi connectivity index (χ3v) is 6.58. The van der Waals surface area contributed by atoms with Gasteiger partial charge in [-0.15, -0.1) is 0 Å². The highest BCUT2D eigenvalue weighted by Gasteiger charge is 2.36. The maximum absolute atomic E-state index is 13.0. The van der Waals surface area contributed by atoms with E-state index in [9.17, 15) is 4.57 Å². The lowest BCUT2D eigenvalue weighted by Crippen LogP contribution is -2.35. The Morgan fingerprint density at radius 1 is 1.22 bits per heavy atom. The highest BCUT2D eigenvalue weighted by atomic mass is 31.2. The number of hydrogen-bond donors (Lipinski definition) is 1. The lowest BCUT2D eigenvalue weighted by Gasteiger charge is -2.38. The third kappa shape index (κ3) is 4.59. The lowest BCUT2D eigenvalue weighted by atomic mass is 9.75. The molecular formula is C18H31N2O2P. The first-order valence-corrected chi connectivity index (χ1v) is 10.2. The van der Waals surface area contributed by atoms with Gasteiger partial charge in [-0.1, -0.05) is 27.2 Å². The highest BCUT2D eigenvalue weighted by Crippen LogP contribution is 2.45. The second-order valence-corrected chi connectivity index (χ2v) is 9.40. The molecule has 1 fully saturated rings. The summed E-state index contributed by atoms with van der Waals surface area (Å²) in [6.07, 6.45) is 3.28. The summed E-state index contributed by atoms with van der Waals surface area (Å²) in [5.41, 5.74) is 7.18. The van der Waals surface area contributed by atoms with Gasteiger partial charge in [0.25, 0.3) is 7.52 Å². The minimum Gasteiger partial charge on any atom is -0.378 e. The highest BCUT2D eigenvalue weighted by molar-refractivity contribution is 7.64. The number of nitrogens with zero attached hydrogens (tertiary/aromatic N) is 1. The fourth-order valence-electron chi connectivity index (χ4n) is 3.46. The molecule has 130 valence electrons. The van der Waals surface area contributed by atoms with E-state index in [2.05, 4.69) is 20.8 Å². The van der Waals surface area contributed by atoms with Crippen molar-refractivity contribution in [2.24, 2.45) is 23.3 Å². The molecule has 4 nitrogen and oxygen atoms in total. The molecule has 1 aliphatic rings. The van der Waals surface area contributed by atoms with Crippen LogP contribution in [-0.2, 0) is 9.09 Å². The number of nitrogens with two attached hydrogens (primary N) is 1. The van der Waals surface area contributed by atoms with Crippen molar-refractivity contribution in [2.45, 2.75) is 46.1 Å². The first kappa shape index (κ1) is 18.5. The first-order valence-electron chi connectivity index (χ1n) is 8.55. The van der Waals surface area contributed by atoms with Crippen molar-refractivity contribution in [3.05, 3.63) is 24.3 Å². The smallest absolute Gasteiger partial charge is 0.297 e. The van der Waals surface area contributed by atoms with Gasteiger partial charge in [0.05, 0.1) is 11.4 Å². The molecule has 0 heterocycles. The van der Waals surface area contributed by atoms with E-state index >= 15 is 0 Å². The molecule has 0 unspecified atom stereocenters. The molecule has 0 bridgehead atoms. The van der Waals surface area contributed by atoms with Gasteiger partial charge >= 0.3 is 0 Å². The Bertz CT molecular complexity index is 557. The zero-order valence-corrected chi connectivity index (χ0v) is 15.9. The van der Waals surface area contributed by atoms with Gasteiger partial charge in [0.15, 0.2) is 0 Å². The van der Waals surface area contributed by atoms with Gasteiger partial charge in [-0.3, -0.25) is 10.1 Å². The molecule has 0 aromatic heterocycles. The van der Waals surface area contributed by atoms with E-state index in [4.69, 9.17) is 10.0 Å². The van der Waals surface area contributed by atoms with Crippen molar-refractivity contribution < 1.29 is 9.09 Å². The van der Waals surface area contributed by atoms with Crippen molar-refractivity contribution in [1.82, 2.24) is 0 Å². The Hall–Kier alpha value is -0.830. The molecule has 23 heavy (non-hydrogen) atoms. The SMILES string of the molecule is CC(C)[C@H]1CC[C@@H](C)C[C@@H]1O[P@](N)(=O)c1ccc(N(C)C)cc1. The van der Waals surface area contributed by atoms with E-state index in [-0.39, 0.29) is 6.10 Å². The van der Waals surface area contributed by atoms with E-state index in [0.717, 1.165) is 18.5 Å². The average Bonchev–Trinajstić information content (AvgIpc) is 2.46. The third-order valence-electron chi connectivity index (χ3n) is 4.98. The standard InChI is InChI=1S/C18H31N2O2P/c1-13(2)17-11-6-14(3)12-18(17)22-23(19,21)16-9-7-15(8-10-16)20(4)5/h7-10,13-14,17-18H,6,11-12H2,1-5H3,(H2,19,21)/t14-,17-,18+,23-/m1/s1. The summed E-state index contributed by atoms with van der Waals surface area (Å²) in [4.78, 5) is 2.00. The minimum absolute atomic E-state index is 0.0110. The van der Waals surface area contributed by atoms with Crippen molar-refractivity contribution >= 4 is 18.5 Å². The van der Waals surface area contributed by atoms with Crippen LogP contribution in [0.15, 0.2) is 24.3 Å². The van der Waals surface area contributed by atoms with E-state index in [1.165, 1.54) is 6.42 Å². The molecule has 0 amide bonds. The molecule has 0 saturated heterocycles. The second kappa shape index (κ2) is 7.38. The maximum atomic E-state index is 13.0. The minimum atomic E-state index is -3.29. The fraction of sp³-hybridized carbons (Fsp3) is 0.667. The Labute approximate surface area is 140 Å². The summed E-state index contributed by atoms with van der Waals surface area (Å²) in [7, 11) is 0.667. The molecule has 0 spiro atoms. The zero-order valence-electron chi connectivity index (χ0n) is 15.0. The zero-order chi connectivity index (χ0) is 17.2. The van der Waals surface area contributed by atoms with Crippen LogP contribution in [-0.4, -0.2) is 20.2 Å². The molecular weight excluding hydrogens is 307 g/mol. The summed E-state index contributed by atoms with van der Waals surface area (Å²) in [5.74, 6) is 1.55. The van der Waals surface area contributed by atoms with Gasteiger partial charge in [0.2, 0.25) is 0 Å². The van der Waals surface area contributed by atoms with Crippen molar-refractivity contribution in [3.63, 3.8) is 0 Å². The van der Waals surface area contributed by atoms with Crippen LogP contribution in [0.5, 0.6) is 0 Å². The number of anilines is 1. The van der Waals surface area contributed by atoms with Crippen LogP contribution in [0.1, 0.15) is 40.0 Å². The van der Waals surface area contributed by atoms with Crippen LogP contribution in [0.25, 0.3) is 0 Å². The Morgan fingerprint density at radius 3 is 2.35 bits per heavy atom. The molecule has 0 radical (unpaired) electrons. The van der Waals surface area contributed by atoms with E-state index < -0.39 is 7.52 Å². The van der Waals surface area contributed by atoms with E-state index in [1.807, 2.05) is 43.3 Å². The number of hydrogen-bond acceptors (Lipinski definition) is 3. The molecule has 1 aliphatic carbocycles. The van der Waals surface area contributed by atoms with Crippen molar-refractivity contribution in [1.29, 1.82) is 0 Å². The molecule has 5 heteroatoms. The summed E-state index contributed by atoms with van der Waals surface area (Å²) in [6, 6.07) is 7.52.